The van der Waals surface area contributed by atoms with Crippen molar-refractivity contribution in [1.29, 1.82) is 0 Å². The van der Waals surface area contributed by atoms with Crippen molar-refractivity contribution in [3.63, 3.8) is 0 Å². The van der Waals surface area contributed by atoms with Gasteiger partial charge in [0.25, 0.3) is 0 Å². The Bertz CT molecular complexity index is 612. The lowest BCUT2D eigenvalue weighted by molar-refractivity contribution is 0.126. The Kier molecular flexibility index (Phi) is 6.31. The van der Waals surface area contributed by atoms with E-state index in [4.69, 9.17) is 0 Å². The van der Waals surface area contributed by atoms with Crippen LogP contribution >= 0.6 is 0 Å². The average Bonchev–Trinajstić information content (AvgIpc) is 2.54. The molecule has 0 spiro atoms. The summed E-state index contributed by atoms with van der Waals surface area (Å²) in [4.78, 5) is 2.32. The van der Waals surface area contributed by atoms with E-state index in [1.807, 2.05) is 18.2 Å². The van der Waals surface area contributed by atoms with Crippen LogP contribution in [0.4, 0.5) is 4.39 Å². The summed E-state index contributed by atoms with van der Waals surface area (Å²) in [6, 6.07) is 15.7. The molecule has 0 bridgehead atoms. The molecule has 0 aliphatic heterocycles. The van der Waals surface area contributed by atoms with E-state index >= 15 is 0 Å². The maximum atomic E-state index is 13.6. The van der Waals surface area contributed by atoms with Crippen LogP contribution in [0.1, 0.15) is 43.1 Å². The van der Waals surface area contributed by atoms with E-state index in [0.717, 1.165) is 13.1 Å². The second-order valence-electron chi connectivity index (χ2n) is 6.36. The van der Waals surface area contributed by atoms with Gasteiger partial charge in [0, 0.05) is 19.1 Å². The molecular formula is C20H26FNO. The van der Waals surface area contributed by atoms with E-state index in [2.05, 4.69) is 30.9 Å². The molecular weight excluding hydrogens is 289 g/mol. The first-order valence-corrected chi connectivity index (χ1v) is 8.19. The van der Waals surface area contributed by atoms with Gasteiger partial charge in [-0.1, -0.05) is 42.5 Å². The van der Waals surface area contributed by atoms with E-state index in [-0.39, 0.29) is 5.82 Å². The minimum Gasteiger partial charge on any atom is -0.388 e. The fourth-order valence-corrected chi connectivity index (χ4v) is 2.61. The predicted molar refractivity (Wildman–Crippen MR) is 92.7 cm³/mol. The highest BCUT2D eigenvalue weighted by Crippen LogP contribution is 2.21. The molecule has 1 unspecified atom stereocenters. The fourth-order valence-electron chi connectivity index (χ4n) is 2.61. The molecule has 0 aliphatic carbocycles. The number of rotatable bonds is 7. The number of nitrogens with zero attached hydrogens (tertiary/aromatic N) is 1. The standard InChI is InChI=1S/C20H26FNO/c1-15(2)22(14-17-7-5-4-6-8-17)12-11-20(23)18-10-9-16(3)19(21)13-18/h4-10,13,15,20,23H,11-12,14H2,1-3H3. The van der Waals surface area contributed by atoms with Crippen molar-refractivity contribution in [2.24, 2.45) is 0 Å². The maximum absolute atomic E-state index is 13.6. The molecule has 2 rings (SSSR count). The largest absolute Gasteiger partial charge is 0.388 e. The first-order chi connectivity index (χ1) is 11.0. The van der Waals surface area contributed by atoms with E-state index in [0.29, 0.717) is 23.6 Å². The molecule has 124 valence electrons. The van der Waals surface area contributed by atoms with Gasteiger partial charge < -0.3 is 5.11 Å². The molecule has 1 atom stereocenters. The molecule has 0 saturated heterocycles. The van der Waals surface area contributed by atoms with Gasteiger partial charge in [0.05, 0.1) is 6.10 Å². The molecule has 1 N–H and O–H groups in total. The summed E-state index contributed by atoms with van der Waals surface area (Å²) < 4.78 is 13.6. The van der Waals surface area contributed by atoms with Crippen LogP contribution in [-0.4, -0.2) is 22.6 Å². The topological polar surface area (TPSA) is 23.5 Å². The number of aliphatic hydroxyl groups excluding tert-OH is 1. The van der Waals surface area contributed by atoms with Gasteiger partial charge in [0.15, 0.2) is 0 Å². The molecule has 0 radical (unpaired) electrons. The molecule has 0 amide bonds. The molecule has 0 aromatic heterocycles. The first-order valence-electron chi connectivity index (χ1n) is 8.19. The number of halogens is 1. The lowest BCUT2D eigenvalue weighted by Gasteiger charge is -2.27. The number of aliphatic hydroxyl groups is 1. The third-order valence-corrected chi connectivity index (χ3v) is 4.23. The van der Waals surface area contributed by atoms with Gasteiger partial charge in [-0.25, -0.2) is 4.39 Å². The average molecular weight is 315 g/mol. The van der Waals surface area contributed by atoms with Crippen molar-refractivity contribution in [2.45, 2.75) is 45.9 Å². The molecule has 0 heterocycles. The van der Waals surface area contributed by atoms with Gasteiger partial charge in [-0.15, -0.1) is 0 Å². The predicted octanol–water partition coefficient (Wildman–Crippen LogP) is 4.47. The molecule has 2 nitrogen and oxygen atoms in total. The van der Waals surface area contributed by atoms with Crippen molar-refractivity contribution in [3.8, 4) is 0 Å². The Balaban J connectivity index is 1.96. The van der Waals surface area contributed by atoms with E-state index in [1.54, 1.807) is 19.1 Å². The molecule has 0 fully saturated rings. The summed E-state index contributed by atoms with van der Waals surface area (Å²) >= 11 is 0. The monoisotopic (exact) mass is 315 g/mol. The normalized spacial score (nSPS) is 12.8. The van der Waals surface area contributed by atoms with Crippen molar-refractivity contribution in [3.05, 3.63) is 71.0 Å². The number of hydrogen-bond donors (Lipinski definition) is 1. The Morgan fingerprint density at radius 1 is 1.09 bits per heavy atom. The zero-order valence-electron chi connectivity index (χ0n) is 14.2. The molecule has 23 heavy (non-hydrogen) atoms. The Morgan fingerprint density at radius 3 is 2.39 bits per heavy atom. The molecule has 0 saturated carbocycles. The van der Waals surface area contributed by atoms with Gasteiger partial charge in [-0.3, -0.25) is 4.90 Å². The first kappa shape index (κ1) is 17.6. The maximum Gasteiger partial charge on any atom is 0.126 e. The van der Waals surface area contributed by atoms with E-state index < -0.39 is 6.10 Å². The van der Waals surface area contributed by atoms with Crippen LogP contribution in [0.5, 0.6) is 0 Å². The van der Waals surface area contributed by atoms with Crippen LogP contribution in [0.15, 0.2) is 48.5 Å². The second kappa shape index (κ2) is 8.23. The smallest absolute Gasteiger partial charge is 0.126 e. The van der Waals surface area contributed by atoms with Crippen LogP contribution in [-0.2, 0) is 6.54 Å². The van der Waals surface area contributed by atoms with E-state index in [1.165, 1.54) is 11.6 Å². The van der Waals surface area contributed by atoms with Gasteiger partial charge >= 0.3 is 0 Å². The highest BCUT2D eigenvalue weighted by atomic mass is 19.1. The van der Waals surface area contributed by atoms with Crippen LogP contribution in [0, 0.1) is 12.7 Å². The van der Waals surface area contributed by atoms with Crippen molar-refractivity contribution < 1.29 is 9.50 Å². The quantitative estimate of drug-likeness (QED) is 0.815. The zero-order valence-corrected chi connectivity index (χ0v) is 14.2. The van der Waals surface area contributed by atoms with Gasteiger partial charge in [0.2, 0.25) is 0 Å². The number of benzene rings is 2. The third-order valence-electron chi connectivity index (χ3n) is 4.23. The molecule has 0 aliphatic rings. The van der Waals surface area contributed by atoms with Crippen molar-refractivity contribution in [2.75, 3.05) is 6.54 Å². The SMILES string of the molecule is Cc1ccc(C(O)CCN(Cc2ccccc2)C(C)C)cc1F. The molecule has 3 heteroatoms. The van der Waals surface area contributed by atoms with Crippen LogP contribution in [0.25, 0.3) is 0 Å². The Hall–Kier alpha value is -1.71. The molecule has 2 aromatic rings. The lowest BCUT2D eigenvalue weighted by atomic mass is 10.0. The third kappa shape index (κ3) is 5.15. The summed E-state index contributed by atoms with van der Waals surface area (Å²) in [5, 5.41) is 10.3. The summed E-state index contributed by atoms with van der Waals surface area (Å²) in [6.07, 6.45) is -0.0461. The number of hydrogen-bond acceptors (Lipinski definition) is 2. The fraction of sp³-hybridized carbons (Fsp3) is 0.400. The minimum atomic E-state index is -0.637. The summed E-state index contributed by atoms with van der Waals surface area (Å²) in [5.74, 6) is -0.258. The molecule has 2 aromatic carbocycles. The van der Waals surface area contributed by atoms with Crippen LogP contribution in [0.2, 0.25) is 0 Å². The summed E-state index contributed by atoms with van der Waals surface area (Å²) in [6.45, 7) is 7.66. The summed E-state index contributed by atoms with van der Waals surface area (Å²) in [7, 11) is 0. The van der Waals surface area contributed by atoms with Crippen molar-refractivity contribution >= 4 is 0 Å². The summed E-state index contributed by atoms with van der Waals surface area (Å²) in [5.41, 5.74) is 2.52. The highest BCUT2D eigenvalue weighted by molar-refractivity contribution is 5.25. The second-order valence-corrected chi connectivity index (χ2v) is 6.36. The lowest BCUT2D eigenvalue weighted by Crippen LogP contribution is -2.32. The number of aryl methyl sites for hydroxylation is 1. The van der Waals surface area contributed by atoms with E-state index in [9.17, 15) is 9.50 Å². The minimum absolute atomic E-state index is 0.258. The van der Waals surface area contributed by atoms with Crippen LogP contribution < -0.4 is 0 Å². The van der Waals surface area contributed by atoms with Crippen molar-refractivity contribution in [1.82, 2.24) is 4.90 Å². The Labute approximate surface area is 138 Å². The van der Waals surface area contributed by atoms with Crippen LogP contribution in [0.3, 0.4) is 0 Å². The Morgan fingerprint density at radius 2 is 1.78 bits per heavy atom. The highest BCUT2D eigenvalue weighted by Gasteiger charge is 2.15. The zero-order chi connectivity index (χ0) is 16.8. The van der Waals surface area contributed by atoms with Gasteiger partial charge in [0.1, 0.15) is 5.82 Å². The van der Waals surface area contributed by atoms with Gasteiger partial charge in [-0.2, -0.15) is 0 Å². The van der Waals surface area contributed by atoms with Gasteiger partial charge in [-0.05, 0) is 49.9 Å².